The van der Waals surface area contributed by atoms with Gasteiger partial charge in [0.2, 0.25) is 0 Å². The highest BCUT2D eigenvalue weighted by molar-refractivity contribution is 9.10. The topological polar surface area (TPSA) is 77.0 Å². The van der Waals surface area contributed by atoms with E-state index in [2.05, 4.69) is 42.2 Å². The Morgan fingerprint density at radius 3 is 2.51 bits per heavy atom. The van der Waals surface area contributed by atoms with Gasteiger partial charge >= 0.3 is 0 Å². The van der Waals surface area contributed by atoms with Crippen LogP contribution in [0.15, 0.2) is 79.5 Å². The molecule has 6 nitrogen and oxygen atoms in total. The molecule has 178 valence electrons. The first kappa shape index (κ1) is 25.5. The van der Waals surface area contributed by atoms with Gasteiger partial charge in [-0.1, -0.05) is 39.7 Å². The van der Waals surface area contributed by atoms with Crippen LogP contribution in [0.3, 0.4) is 0 Å². The van der Waals surface area contributed by atoms with E-state index in [1.807, 2.05) is 30.3 Å². The molecule has 3 aromatic rings. The molecule has 0 saturated carbocycles. The molecule has 10 heteroatoms. The van der Waals surface area contributed by atoms with Crippen LogP contribution in [0.2, 0.25) is 5.02 Å². The highest BCUT2D eigenvalue weighted by Gasteiger charge is 2.25. The number of benzene rings is 3. The highest BCUT2D eigenvalue weighted by Crippen LogP contribution is 2.38. The molecule has 1 saturated heterocycles. The molecular formula is C25H17Br2ClN2O4S. The first-order valence-electron chi connectivity index (χ1n) is 10.2. The Morgan fingerprint density at radius 2 is 1.83 bits per heavy atom. The molecule has 1 N–H and O–H groups in total. The summed E-state index contributed by atoms with van der Waals surface area (Å²) >= 11 is 13.9. The first-order valence-corrected chi connectivity index (χ1v) is 12.9. The van der Waals surface area contributed by atoms with Crippen LogP contribution in [-0.4, -0.2) is 24.1 Å². The van der Waals surface area contributed by atoms with Gasteiger partial charge in [-0.15, -0.1) is 0 Å². The van der Waals surface area contributed by atoms with Crippen molar-refractivity contribution in [2.75, 3.05) is 7.11 Å². The molecule has 0 radical (unpaired) electrons. The number of carbonyl (C=O) groups excluding carboxylic acids is 2. The van der Waals surface area contributed by atoms with E-state index in [-0.39, 0.29) is 11.1 Å². The Hall–Kier alpha value is -2.59. The zero-order valence-electron chi connectivity index (χ0n) is 18.2. The van der Waals surface area contributed by atoms with E-state index in [4.69, 9.17) is 21.1 Å². The summed E-state index contributed by atoms with van der Waals surface area (Å²) in [6, 6.07) is 17.8. The zero-order chi connectivity index (χ0) is 24.9. The van der Waals surface area contributed by atoms with Crippen molar-refractivity contribution in [3.8, 4) is 11.5 Å². The van der Waals surface area contributed by atoms with Gasteiger partial charge in [-0.3, -0.25) is 9.59 Å². The van der Waals surface area contributed by atoms with E-state index in [1.54, 1.807) is 43.5 Å². The number of nitrogens with one attached hydrogen (secondary N) is 1. The number of aliphatic imine (C=N–C) groups is 1. The molecule has 0 aliphatic carbocycles. The summed E-state index contributed by atoms with van der Waals surface area (Å²) in [5.41, 5.74) is 2.10. The van der Waals surface area contributed by atoms with Crippen molar-refractivity contribution in [3.63, 3.8) is 0 Å². The van der Waals surface area contributed by atoms with Crippen molar-refractivity contribution in [3.05, 3.63) is 96.2 Å². The van der Waals surface area contributed by atoms with Crippen molar-refractivity contribution in [2.24, 2.45) is 4.99 Å². The number of halogens is 3. The summed E-state index contributed by atoms with van der Waals surface area (Å²) in [7, 11) is 1.55. The monoisotopic (exact) mass is 634 g/mol. The SMILES string of the molecule is COc1cc(/C=C2\SC(=NC(=O)c3ccc(Cl)cc3)NC2=O)cc(Br)c1OCc1ccc(Br)cc1. The molecule has 1 fully saturated rings. The van der Waals surface area contributed by atoms with E-state index in [9.17, 15) is 9.59 Å². The van der Waals surface area contributed by atoms with Gasteiger partial charge in [-0.2, -0.15) is 4.99 Å². The fourth-order valence-corrected chi connectivity index (χ4v) is 4.86. The standard InChI is InChI=1S/C25H17Br2ClN2O4S/c1-33-20-11-15(10-19(27)22(20)34-13-14-2-6-17(26)7-3-14)12-21-24(32)30-25(35-21)29-23(31)16-4-8-18(28)9-5-16/h2-12H,13H2,1H3,(H,29,30,31,32)/b21-12-. The summed E-state index contributed by atoms with van der Waals surface area (Å²) in [6.07, 6.45) is 1.70. The molecule has 0 bridgehead atoms. The predicted molar refractivity (Wildman–Crippen MR) is 146 cm³/mol. The van der Waals surface area contributed by atoms with E-state index in [1.165, 1.54) is 0 Å². The van der Waals surface area contributed by atoms with E-state index >= 15 is 0 Å². The van der Waals surface area contributed by atoms with Crippen molar-refractivity contribution in [1.82, 2.24) is 5.32 Å². The van der Waals surface area contributed by atoms with Gasteiger partial charge < -0.3 is 14.8 Å². The Bertz CT molecular complexity index is 1340. The maximum Gasteiger partial charge on any atom is 0.279 e. The Balaban J connectivity index is 1.51. The van der Waals surface area contributed by atoms with Crippen LogP contribution in [0.1, 0.15) is 21.5 Å². The minimum Gasteiger partial charge on any atom is -0.493 e. The highest BCUT2D eigenvalue weighted by atomic mass is 79.9. The lowest BCUT2D eigenvalue weighted by atomic mass is 10.2. The quantitative estimate of drug-likeness (QED) is 0.300. The van der Waals surface area contributed by atoms with Crippen LogP contribution in [0, 0.1) is 0 Å². The first-order chi connectivity index (χ1) is 16.8. The fraction of sp³-hybridized carbons (Fsp3) is 0.0800. The maximum absolute atomic E-state index is 12.5. The number of hydrogen-bond donors (Lipinski definition) is 1. The lowest BCUT2D eigenvalue weighted by Crippen LogP contribution is -2.20. The smallest absolute Gasteiger partial charge is 0.279 e. The number of nitrogens with zero attached hydrogens (tertiary/aromatic N) is 1. The van der Waals surface area contributed by atoms with Crippen LogP contribution in [0.4, 0.5) is 0 Å². The van der Waals surface area contributed by atoms with Gasteiger partial charge in [0.05, 0.1) is 16.5 Å². The fourth-order valence-electron chi connectivity index (χ4n) is 3.08. The Kier molecular flexibility index (Phi) is 8.33. The molecule has 1 aliphatic rings. The van der Waals surface area contributed by atoms with Crippen LogP contribution in [-0.2, 0) is 11.4 Å². The van der Waals surface area contributed by atoms with Gasteiger partial charge in [0, 0.05) is 15.1 Å². The molecule has 35 heavy (non-hydrogen) atoms. The lowest BCUT2D eigenvalue weighted by molar-refractivity contribution is -0.115. The molecule has 3 aromatic carbocycles. The molecule has 1 aliphatic heterocycles. The van der Waals surface area contributed by atoms with Gasteiger partial charge in [0.1, 0.15) is 6.61 Å². The zero-order valence-corrected chi connectivity index (χ0v) is 22.9. The average molecular weight is 637 g/mol. The summed E-state index contributed by atoms with van der Waals surface area (Å²) in [6.45, 7) is 0.363. The Labute approximate surface area is 228 Å². The number of methoxy groups -OCH3 is 1. The predicted octanol–water partition coefficient (Wildman–Crippen LogP) is 6.85. The third-order valence-corrected chi connectivity index (χ3v) is 7.07. The number of rotatable bonds is 6. The summed E-state index contributed by atoms with van der Waals surface area (Å²) < 4.78 is 13.2. The van der Waals surface area contributed by atoms with Gasteiger partial charge in [-0.25, -0.2) is 0 Å². The maximum atomic E-state index is 12.5. The number of ether oxygens (including phenoxy) is 2. The number of amides is 2. The van der Waals surface area contributed by atoms with E-state index in [0.717, 1.165) is 21.8 Å². The second-order valence-corrected chi connectivity index (χ2v) is 10.5. The van der Waals surface area contributed by atoms with Gasteiger partial charge in [0.15, 0.2) is 16.7 Å². The molecule has 2 amide bonds. The molecular weight excluding hydrogens is 620 g/mol. The molecule has 4 rings (SSSR count). The summed E-state index contributed by atoms with van der Waals surface area (Å²) in [5, 5.41) is 3.35. The van der Waals surface area contributed by atoms with Crippen molar-refractivity contribution < 1.29 is 19.1 Å². The summed E-state index contributed by atoms with van der Waals surface area (Å²) in [4.78, 5) is 29.2. The second kappa shape index (κ2) is 11.4. The minimum atomic E-state index is -0.470. The van der Waals surface area contributed by atoms with Crippen LogP contribution in [0.25, 0.3) is 6.08 Å². The number of carbonyl (C=O) groups is 2. The van der Waals surface area contributed by atoms with Crippen molar-refractivity contribution >= 4 is 78.3 Å². The normalized spacial score (nSPS) is 15.4. The Morgan fingerprint density at radius 1 is 1.11 bits per heavy atom. The second-order valence-electron chi connectivity index (χ2n) is 7.24. The van der Waals surface area contributed by atoms with Gasteiger partial charge in [0.25, 0.3) is 11.8 Å². The number of thioether (sulfide) groups is 1. The summed E-state index contributed by atoms with van der Waals surface area (Å²) in [5.74, 6) is 0.251. The van der Waals surface area contributed by atoms with Crippen LogP contribution >= 0.6 is 55.2 Å². The average Bonchev–Trinajstić information content (AvgIpc) is 3.17. The van der Waals surface area contributed by atoms with Gasteiger partial charge in [-0.05, 0) is 93.4 Å². The lowest BCUT2D eigenvalue weighted by Gasteiger charge is -2.14. The van der Waals surface area contributed by atoms with Crippen LogP contribution in [0.5, 0.6) is 11.5 Å². The molecule has 0 unspecified atom stereocenters. The van der Waals surface area contributed by atoms with Crippen LogP contribution < -0.4 is 14.8 Å². The van der Waals surface area contributed by atoms with E-state index < -0.39 is 5.91 Å². The number of amidine groups is 1. The van der Waals surface area contributed by atoms with Crippen molar-refractivity contribution in [2.45, 2.75) is 6.61 Å². The largest absolute Gasteiger partial charge is 0.493 e. The minimum absolute atomic E-state index is 0.210. The molecule has 0 spiro atoms. The third-order valence-electron chi connectivity index (χ3n) is 4.79. The van der Waals surface area contributed by atoms with E-state index in [0.29, 0.717) is 43.6 Å². The number of hydrogen-bond acceptors (Lipinski definition) is 5. The molecule has 0 aromatic heterocycles. The van der Waals surface area contributed by atoms with Crippen molar-refractivity contribution in [1.29, 1.82) is 0 Å². The molecule has 0 atom stereocenters. The third kappa shape index (κ3) is 6.55. The molecule has 1 heterocycles.